The van der Waals surface area contributed by atoms with Crippen LogP contribution in [-0.2, 0) is 9.53 Å². The van der Waals surface area contributed by atoms with Gasteiger partial charge in [-0.3, -0.25) is 4.79 Å². The summed E-state index contributed by atoms with van der Waals surface area (Å²) in [6.45, 7) is 1.72. The van der Waals surface area contributed by atoms with Crippen molar-refractivity contribution in [2.75, 3.05) is 20.1 Å². The van der Waals surface area contributed by atoms with E-state index in [-0.39, 0.29) is 17.6 Å². The molecule has 0 radical (unpaired) electrons. The Morgan fingerprint density at radius 1 is 1.33 bits per heavy atom. The Balaban J connectivity index is 1.46. The highest BCUT2D eigenvalue weighted by Crippen LogP contribution is 2.43. The quantitative estimate of drug-likeness (QED) is 0.823. The molecule has 1 aliphatic carbocycles. The second-order valence-electron chi connectivity index (χ2n) is 6.18. The van der Waals surface area contributed by atoms with Crippen molar-refractivity contribution in [2.45, 2.75) is 62.7 Å². The molecular weight excluding hydrogens is 228 g/mol. The van der Waals surface area contributed by atoms with Gasteiger partial charge in [-0.25, -0.2) is 0 Å². The first-order valence-electron chi connectivity index (χ1n) is 7.35. The maximum atomic E-state index is 11.8. The number of ether oxygens (including phenoxy) is 1. The van der Waals surface area contributed by atoms with Crippen molar-refractivity contribution in [3.05, 3.63) is 0 Å². The number of carbonyl (C=O) groups is 1. The van der Waals surface area contributed by atoms with E-state index in [0.717, 1.165) is 25.9 Å². The van der Waals surface area contributed by atoms with Crippen LogP contribution in [0.2, 0.25) is 0 Å². The smallest absolute Gasteiger partial charge is 0.239 e. The van der Waals surface area contributed by atoms with Gasteiger partial charge in [0, 0.05) is 20.1 Å². The van der Waals surface area contributed by atoms with E-state index < -0.39 is 0 Å². The molecule has 1 N–H and O–H groups in total. The molecule has 2 unspecified atom stereocenters. The van der Waals surface area contributed by atoms with Gasteiger partial charge in [0.15, 0.2) is 0 Å². The van der Waals surface area contributed by atoms with E-state index in [1.165, 1.54) is 32.1 Å². The van der Waals surface area contributed by atoms with Crippen molar-refractivity contribution in [3.8, 4) is 0 Å². The molecule has 1 saturated carbocycles. The van der Waals surface area contributed by atoms with Crippen molar-refractivity contribution in [1.82, 2.24) is 10.2 Å². The van der Waals surface area contributed by atoms with Gasteiger partial charge in [0.2, 0.25) is 5.91 Å². The molecule has 0 aromatic heterocycles. The van der Waals surface area contributed by atoms with Crippen LogP contribution < -0.4 is 5.32 Å². The van der Waals surface area contributed by atoms with E-state index >= 15 is 0 Å². The predicted octanol–water partition coefficient (Wildman–Crippen LogP) is 1.30. The molecule has 0 aromatic carbocycles. The Morgan fingerprint density at radius 2 is 2.11 bits per heavy atom. The maximum absolute atomic E-state index is 11.8. The standard InChI is InChI=1S/C14H24N2O2/c1-16-9-5-12(13(16)17)15-10-11-4-8-14(18-11)6-2-3-7-14/h11-12,15H,2-10H2,1H3. The SMILES string of the molecule is CN1CCC(NCC2CCC3(CCCC3)O2)C1=O. The number of hydrogen-bond donors (Lipinski definition) is 1. The predicted molar refractivity (Wildman–Crippen MR) is 69.4 cm³/mol. The second-order valence-corrected chi connectivity index (χ2v) is 6.18. The van der Waals surface area contributed by atoms with Crippen LogP contribution in [0.1, 0.15) is 44.9 Å². The molecule has 0 aromatic rings. The lowest BCUT2D eigenvalue weighted by Crippen LogP contribution is -2.41. The zero-order chi connectivity index (χ0) is 12.6. The second kappa shape index (κ2) is 4.82. The third-order valence-corrected chi connectivity index (χ3v) is 4.87. The van der Waals surface area contributed by atoms with E-state index in [1.807, 2.05) is 11.9 Å². The number of carbonyl (C=O) groups excluding carboxylic acids is 1. The zero-order valence-corrected chi connectivity index (χ0v) is 11.3. The highest BCUT2D eigenvalue weighted by atomic mass is 16.5. The molecule has 0 bridgehead atoms. The van der Waals surface area contributed by atoms with Crippen LogP contribution in [0.25, 0.3) is 0 Å². The Kier molecular flexibility index (Phi) is 3.32. The topological polar surface area (TPSA) is 41.6 Å². The Morgan fingerprint density at radius 3 is 2.78 bits per heavy atom. The van der Waals surface area contributed by atoms with Crippen LogP contribution in [0.5, 0.6) is 0 Å². The largest absolute Gasteiger partial charge is 0.370 e. The molecule has 4 nitrogen and oxygen atoms in total. The maximum Gasteiger partial charge on any atom is 0.239 e. The summed E-state index contributed by atoms with van der Waals surface area (Å²) < 4.78 is 6.24. The molecule has 2 heterocycles. The molecule has 3 rings (SSSR count). The third kappa shape index (κ3) is 2.28. The molecule has 4 heteroatoms. The summed E-state index contributed by atoms with van der Waals surface area (Å²) in [5, 5.41) is 3.39. The molecule has 2 aliphatic heterocycles. The lowest BCUT2D eigenvalue weighted by atomic mass is 9.98. The summed E-state index contributed by atoms with van der Waals surface area (Å²) in [5.41, 5.74) is 0.211. The average Bonchev–Trinajstić information content (AvgIpc) is 3.05. The van der Waals surface area contributed by atoms with Crippen LogP contribution in [0.4, 0.5) is 0 Å². The first kappa shape index (κ1) is 12.4. The first-order chi connectivity index (χ1) is 8.69. The summed E-state index contributed by atoms with van der Waals surface area (Å²) >= 11 is 0. The Labute approximate surface area is 109 Å². The molecule has 102 valence electrons. The van der Waals surface area contributed by atoms with Crippen LogP contribution in [0.15, 0.2) is 0 Å². The molecule has 1 amide bonds. The van der Waals surface area contributed by atoms with Gasteiger partial charge in [-0.15, -0.1) is 0 Å². The van der Waals surface area contributed by atoms with Crippen molar-refractivity contribution < 1.29 is 9.53 Å². The highest BCUT2D eigenvalue weighted by molar-refractivity contribution is 5.83. The fourth-order valence-corrected chi connectivity index (χ4v) is 3.71. The Bertz CT molecular complexity index is 326. The van der Waals surface area contributed by atoms with Gasteiger partial charge in [-0.05, 0) is 32.1 Å². The van der Waals surface area contributed by atoms with Crippen molar-refractivity contribution in [2.24, 2.45) is 0 Å². The van der Waals surface area contributed by atoms with E-state index in [0.29, 0.717) is 6.10 Å². The van der Waals surface area contributed by atoms with E-state index in [4.69, 9.17) is 4.74 Å². The van der Waals surface area contributed by atoms with Crippen LogP contribution in [-0.4, -0.2) is 48.7 Å². The molecule has 3 fully saturated rings. The minimum atomic E-state index is 0.0266. The molecule has 2 atom stereocenters. The van der Waals surface area contributed by atoms with Gasteiger partial charge in [0.05, 0.1) is 17.7 Å². The molecule has 1 spiro atoms. The molecule has 18 heavy (non-hydrogen) atoms. The summed E-state index contributed by atoms with van der Waals surface area (Å²) in [6, 6.07) is 0.0266. The minimum Gasteiger partial charge on any atom is -0.370 e. The molecule has 2 saturated heterocycles. The van der Waals surface area contributed by atoms with Gasteiger partial charge in [0.1, 0.15) is 0 Å². The van der Waals surface area contributed by atoms with Gasteiger partial charge in [-0.1, -0.05) is 12.8 Å². The van der Waals surface area contributed by atoms with Crippen LogP contribution >= 0.6 is 0 Å². The van der Waals surface area contributed by atoms with Crippen molar-refractivity contribution >= 4 is 5.91 Å². The number of nitrogens with one attached hydrogen (secondary N) is 1. The van der Waals surface area contributed by atoms with Gasteiger partial charge < -0.3 is 15.0 Å². The summed E-state index contributed by atoms with van der Waals surface area (Å²) in [6.07, 6.45) is 8.78. The van der Waals surface area contributed by atoms with Gasteiger partial charge in [-0.2, -0.15) is 0 Å². The fraction of sp³-hybridized carbons (Fsp3) is 0.929. The normalized spacial score (nSPS) is 34.9. The fourth-order valence-electron chi connectivity index (χ4n) is 3.71. The lowest BCUT2D eigenvalue weighted by molar-refractivity contribution is -0.128. The molecular formula is C14H24N2O2. The Hall–Kier alpha value is -0.610. The monoisotopic (exact) mass is 252 g/mol. The number of likely N-dealkylation sites (N-methyl/N-ethyl adjacent to an activating group) is 1. The highest BCUT2D eigenvalue weighted by Gasteiger charge is 2.42. The summed E-state index contributed by atoms with van der Waals surface area (Å²) in [4.78, 5) is 13.6. The summed E-state index contributed by atoms with van der Waals surface area (Å²) in [7, 11) is 1.88. The van der Waals surface area contributed by atoms with E-state index in [1.54, 1.807) is 0 Å². The van der Waals surface area contributed by atoms with Gasteiger partial charge >= 0.3 is 0 Å². The van der Waals surface area contributed by atoms with E-state index in [2.05, 4.69) is 5.32 Å². The van der Waals surface area contributed by atoms with Crippen LogP contribution in [0.3, 0.4) is 0 Å². The number of nitrogens with zero attached hydrogens (tertiary/aromatic N) is 1. The zero-order valence-electron chi connectivity index (χ0n) is 11.3. The average molecular weight is 252 g/mol. The number of hydrogen-bond acceptors (Lipinski definition) is 3. The van der Waals surface area contributed by atoms with Gasteiger partial charge in [0.25, 0.3) is 0 Å². The van der Waals surface area contributed by atoms with Crippen molar-refractivity contribution in [1.29, 1.82) is 0 Å². The first-order valence-corrected chi connectivity index (χ1v) is 7.35. The van der Waals surface area contributed by atoms with E-state index in [9.17, 15) is 4.79 Å². The lowest BCUT2D eigenvalue weighted by Gasteiger charge is -2.24. The summed E-state index contributed by atoms with van der Waals surface area (Å²) in [5.74, 6) is 0.239. The van der Waals surface area contributed by atoms with Crippen molar-refractivity contribution in [3.63, 3.8) is 0 Å². The number of amides is 1. The number of rotatable bonds is 3. The number of likely N-dealkylation sites (tertiary alicyclic amines) is 1. The van der Waals surface area contributed by atoms with Crippen LogP contribution in [0, 0.1) is 0 Å². The third-order valence-electron chi connectivity index (χ3n) is 4.87. The molecule has 3 aliphatic rings. The minimum absolute atomic E-state index is 0.0266.